The van der Waals surface area contributed by atoms with Crippen molar-refractivity contribution >= 4 is 34.9 Å². The number of hydrogen-bond acceptors (Lipinski definition) is 5. The number of rotatable bonds is 7. The first-order valence-electron chi connectivity index (χ1n) is 11.1. The van der Waals surface area contributed by atoms with Crippen molar-refractivity contribution in [3.05, 3.63) is 63.7 Å². The third-order valence-electron chi connectivity index (χ3n) is 6.42. The lowest BCUT2D eigenvalue weighted by atomic mass is 9.75. The molecule has 3 aromatic rings. The second kappa shape index (κ2) is 10.5. The highest BCUT2D eigenvalue weighted by Gasteiger charge is 2.35. The largest absolute Gasteiger partial charge is 0.441 e. The van der Waals surface area contributed by atoms with Crippen LogP contribution < -0.4 is 10.6 Å². The molecule has 0 bridgehead atoms. The first-order valence-corrected chi connectivity index (χ1v) is 11.8. The summed E-state index contributed by atoms with van der Waals surface area (Å²) in [6, 6.07) is 5.12. The Kier molecular flexibility index (Phi) is 7.59. The van der Waals surface area contributed by atoms with Crippen LogP contribution in [0.2, 0.25) is 10.2 Å². The molecule has 2 N–H and O–H groups in total. The molecule has 11 heteroatoms. The van der Waals surface area contributed by atoms with Crippen molar-refractivity contribution < 1.29 is 22.8 Å². The van der Waals surface area contributed by atoms with E-state index >= 15 is 0 Å². The van der Waals surface area contributed by atoms with Crippen LogP contribution in [0, 0.1) is 17.6 Å². The summed E-state index contributed by atoms with van der Waals surface area (Å²) in [6.45, 7) is 0.409. The molecule has 1 amide bonds. The summed E-state index contributed by atoms with van der Waals surface area (Å²) in [5.74, 6) is -2.78. The number of Topliss-reactive ketones (excluding diaryl/α,β-unsaturated/α-hetero) is 1. The number of ketones is 1. The minimum Gasteiger partial charge on any atom is -0.441 e. The summed E-state index contributed by atoms with van der Waals surface area (Å²) in [6.07, 6.45) is 2.26. The summed E-state index contributed by atoms with van der Waals surface area (Å²) in [4.78, 5) is 25.1. The molecule has 1 aliphatic heterocycles. The molecule has 0 spiro atoms. The SMILES string of the molecule is CNC(=O)CC1C[C@@H](c2ccc(F)c(F)c2)[C@H](CC(=O)c2cc(-c3c(Cl)cnn3C)c(Cl)o2)CN1. The maximum atomic E-state index is 14.0. The van der Waals surface area contributed by atoms with E-state index in [0.717, 1.165) is 12.1 Å². The quantitative estimate of drug-likeness (QED) is 0.436. The van der Waals surface area contributed by atoms with Crippen molar-refractivity contribution in [2.45, 2.75) is 31.2 Å². The molecular weight excluding hydrogens is 501 g/mol. The number of nitrogens with zero attached hydrogens (tertiary/aromatic N) is 2. The normalized spacial score (nSPS) is 20.1. The zero-order valence-electron chi connectivity index (χ0n) is 19.1. The zero-order chi connectivity index (χ0) is 25.3. The van der Waals surface area contributed by atoms with E-state index in [1.807, 2.05) is 0 Å². The molecule has 7 nitrogen and oxygen atoms in total. The highest BCUT2D eigenvalue weighted by molar-refractivity contribution is 6.35. The molecule has 2 aromatic heterocycles. The zero-order valence-corrected chi connectivity index (χ0v) is 20.6. The molecule has 3 heterocycles. The highest BCUT2D eigenvalue weighted by atomic mass is 35.5. The van der Waals surface area contributed by atoms with Gasteiger partial charge in [0.25, 0.3) is 0 Å². The van der Waals surface area contributed by atoms with E-state index in [1.54, 1.807) is 14.1 Å². The van der Waals surface area contributed by atoms with Gasteiger partial charge >= 0.3 is 0 Å². The summed E-state index contributed by atoms with van der Waals surface area (Å²) < 4.78 is 34.7. The van der Waals surface area contributed by atoms with Gasteiger partial charge in [0.2, 0.25) is 11.1 Å². The van der Waals surface area contributed by atoms with Crippen molar-refractivity contribution in [2.24, 2.45) is 13.0 Å². The maximum absolute atomic E-state index is 14.0. The third kappa shape index (κ3) is 5.42. The molecule has 4 rings (SSSR count). The molecule has 1 saturated heterocycles. The van der Waals surface area contributed by atoms with Crippen LogP contribution in [0.4, 0.5) is 8.78 Å². The number of carbonyl (C=O) groups excluding carboxylic acids is 2. The fourth-order valence-electron chi connectivity index (χ4n) is 4.61. The molecule has 186 valence electrons. The van der Waals surface area contributed by atoms with Gasteiger partial charge in [0.15, 0.2) is 23.2 Å². The maximum Gasteiger partial charge on any atom is 0.221 e. The Labute approximate surface area is 210 Å². The Morgan fingerprint density at radius 3 is 2.66 bits per heavy atom. The van der Waals surface area contributed by atoms with Crippen molar-refractivity contribution in [1.29, 1.82) is 0 Å². The van der Waals surface area contributed by atoms with E-state index in [4.69, 9.17) is 27.6 Å². The van der Waals surface area contributed by atoms with Gasteiger partial charge in [-0.15, -0.1) is 0 Å². The van der Waals surface area contributed by atoms with E-state index in [2.05, 4.69) is 15.7 Å². The summed E-state index contributed by atoms with van der Waals surface area (Å²) in [5, 5.41) is 10.4. The number of furan rings is 1. The molecule has 0 saturated carbocycles. The van der Waals surface area contributed by atoms with Gasteiger partial charge in [-0.1, -0.05) is 17.7 Å². The lowest BCUT2D eigenvalue weighted by Crippen LogP contribution is -2.45. The smallest absolute Gasteiger partial charge is 0.221 e. The van der Waals surface area contributed by atoms with Gasteiger partial charge in [-0.2, -0.15) is 5.10 Å². The molecule has 0 aliphatic carbocycles. The first-order chi connectivity index (χ1) is 16.7. The monoisotopic (exact) mass is 524 g/mol. The fraction of sp³-hybridized carbons (Fsp3) is 0.375. The summed E-state index contributed by atoms with van der Waals surface area (Å²) >= 11 is 12.5. The van der Waals surface area contributed by atoms with Crippen molar-refractivity contribution in [3.63, 3.8) is 0 Å². The Bertz CT molecular complexity index is 1240. The lowest BCUT2D eigenvalue weighted by Gasteiger charge is -2.37. The van der Waals surface area contributed by atoms with Gasteiger partial charge in [0, 0.05) is 33.0 Å². The van der Waals surface area contributed by atoms with Crippen LogP contribution >= 0.6 is 23.2 Å². The van der Waals surface area contributed by atoms with Gasteiger partial charge in [0.1, 0.15) is 0 Å². The van der Waals surface area contributed by atoms with Crippen LogP contribution in [0.3, 0.4) is 0 Å². The van der Waals surface area contributed by atoms with Crippen LogP contribution in [0.15, 0.2) is 34.9 Å². The number of aromatic nitrogens is 2. The summed E-state index contributed by atoms with van der Waals surface area (Å²) in [7, 11) is 3.25. The van der Waals surface area contributed by atoms with E-state index in [-0.39, 0.29) is 53.4 Å². The standard InChI is InChI=1S/C24H24Cl2F2N4O3/c1-29-22(34)8-14-7-15(12-3-4-18(27)19(28)5-12)13(10-30-14)6-20(33)21-9-16(24(26)35-21)23-17(25)11-31-32(23)2/h3-5,9,11,13-15,30H,6-8,10H2,1-2H3,(H,29,34)/t13-,14?,15+/m1/s1. The van der Waals surface area contributed by atoms with E-state index < -0.39 is 11.6 Å². The Hall–Kier alpha value is -2.75. The number of halogens is 4. The van der Waals surface area contributed by atoms with Crippen LogP contribution in [0.1, 0.15) is 41.3 Å². The van der Waals surface area contributed by atoms with Gasteiger partial charge in [-0.25, -0.2) is 8.78 Å². The number of carbonyl (C=O) groups is 2. The Morgan fingerprint density at radius 1 is 1.23 bits per heavy atom. The molecule has 3 atom stereocenters. The number of benzene rings is 1. The topological polar surface area (TPSA) is 89.2 Å². The third-order valence-corrected chi connectivity index (χ3v) is 6.97. The molecule has 1 unspecified atom stereocenters. The predicted octanol–water partition coefficient (Wildman–Crippen LogP) is 4.74. The minimum atomic E-state index is -0.954. The number of nitrogens with one attached hydrogen (secondary N) is 2. The van der Waals surface area contributed by atoms with Crippen LogP contribution in [-0.4, -0.2) is 41.1 Å². The lowest BCUT2D eigenvalue weighted by molar-refractivity contribution is -0.121. The van der Waals surface area contributed by atoms with Crippen molar-refractivity contribution in [3.8, 4) is 11.3 Å². The van der Waals surface area contributed by atoms with E-state index in [9.17, 15) is 18.4 Å². The predicted molar refractivity (Wildman–Crippen MR) is 128 cm³/mol. The van der Waals surface area contributed by atoms with Crippen molar-refractivity contribution in [2.75, 3.05) is 13.6 Å². The second-order valence-corrected chi connectivity index (χ2v) is 9.40. The highest BCUT2D eigenvalue weighted by Crippen LogP contribution is 2.39. The van der Waals surface area contributed by atoms with E-state index in [1.165, 1.54) is 23.0 Å². The molecule has 1 aliphatic rings. The molecular formula is C24H24Cl2F2N4O3. The number of aryl methyl sites for hydroxylation is 1. The van der Waals surface area contributed by atoms with Gasteiger partial charge in [0.05, 0.1) is 22.5 Å². The average Bonchev–Trinajstić information content (AvgIpc) is 3.37. The Balaban J connectivity index is 1.57. The first kappa shape index (κ1) is 25.3. The van der Waals surface area contributed by atoms with Gasteiger partial charge in [-0.05, 0) is 60.2 Å². The molecule has 1 aromatic carbocycles. The van der Waals surface area contributed by atoms with Gasteiger partial charge < -0.3 is 15.1 Å². The second-order valence-electron chi connectivity index (χ2n) is 8.65. The molecule has 1 fully saturated rings. The van der Waals surface area contributed by atoms with Crippen LogP contribution in [-0.2, 0) is 11.8 Å². The minimum absolute atomic E-state index is 0.0171. The molecule has 0 radical (unpaired) electrons. The van der Waals surface area contributed by atoms with E-state index in [0.29, 0.717) is 34.8 Å². The summed E-state index contributed by atoms with van der Waals surface area (Å²) in [5.41, 5.74) is 1.55. The average molecular weight is 525 g/mol. The number of hydrogen-bond donors (Lipinski definition) is 2. The van der Waals surface area contributed by atoms with Crippen molar-refractivity contribution in [1.82, 2.24) is 20.4 Å². The number of amides is 1. The van der Waals surface area contributed by atoms with Crippen LogP contribution in [0.25, 0.3) is 11.3 Å². The number of piperidine rings is 1. The fourth-order valence-corrected chi connectivity index (χ4v) is 5.10. The van der Waals surface area contributed by atoms with Gasteiger partial charge in [-0.3, -0.25) is 14.3 Å². The molecule has 35 heavy (non-hydrogen) atoms. The van der Waals surface area contributed by atoms with Crippen LogP contribution in [0.5, 0.6) is 0 Å². The Morgan fingerprint density at radius 2 is 2.00 bits per heavy atom.